The van der Waals surface area contributed by atoms with E-state index >= 15 is 0 Å². The third kappa shape index (κ3) is 4.38. The molecule has 0 unspecified atom stereocenters. The molecular formula is C12H16N4O3. The van der Waals surface area contributed by atoms with Gasteiger partial charge in [0.05, 0.1) is 4.92 Å². The van der Waals surface area contributed by atoms with Crippen molar-refractivity contribution < 1.29 is 9.72 Å². The highest BCUT2D eigenvalue weighted by Crippen LogP contribution is 2.24. The maximum atomic E-state index is 11.0. The van der Waals surface area contributed by atoms with E-state index < -0.39 is 11.0 Å². The molecule has 1 rings (SSSR count). The summed E-state index contributed by atoms with van der Waals surface area (Å²) in [5, 5.41) is 14.6. The molecule has 0 radical (unpaired) electrons. The van der Waals surface area contributed by atoms with Crippen LogP contribution in [0.4, 0.5) is 10.5 Å². The minimum atomic E-state index is -0.777. The number of hydrogen-bond acceptors (Lipinski definition) is 4. The molecule has 0 aliphatic heterocycles. The molecule has 0 atom stereocenters. The SMILES string of the molecule is CC(C)c1ccc(CC=NNC(N)=O)c([N+](=O)[O-])c1. The molecule has 2 amide bonds. The van der Waals surface area contributed by atoms with E-state index in [1.807, 2.05) is 25.3 Å². The molecule has 1 aromatic carbocycles. The van der Waals surface area contributed by atoms with Crippen LogP contribution in [0.25, 0.3) is 0 Å². The monoisotopic (exact) mass is 264 g/mol. The Kier molecular flexibility index (Phi) is 4.99. The normalized spacial score (nSPS) is 10.9. The van der Waals surface area contributed by atoms with Crippen LogP contribution in [-0.4, -0.2) is 17.2 Å². The first-order chi connectivity index (χ1) is 8.91. The number of carbonyl (C=O) groups excluding carboxylic acids is 1. The Morgan fingerprint density at radius 3 is 2.79 bits per heavy atom. The van der Waals surface area contributed by atoms with Crippen LogP contribution in [0.5, 0.6) is 0 Å². The van der Waals surface area contributed by atoms with Crippen LogP contribution in [0.2, 0.25) is 0 Å². The van der Waals surface area contributed by atoms with E-state index in [0.29, 0.717) is 5.56 Å². The average molecular weight is 264 g/mol. The van der Waals surface area contributed by atoms with E-state index in [1.54, 1.807) is 12.1 Å². The number of nitrogens with two attached hydrogens (primary N) is 1. The maximum absolute atomic E-state index is 11.0. The highest BCUT2D eigenvalue weighted by molar-refractivity contribution is 5.73. The zero-order valence-corrected chi connectivity index (χ0v) is 10.8. The number of nitro groups is 1. The molecule has 0 saturated carbocycles. The second-order valence-corrected chi connectivity index (χ2v) is 4.29. The Morgan fingerprint density at radius 1 is 1.58 bits per heavy atom. The van der Waals surface area contributed by atoms with Crippen molar-refractivity contribution in [3.63, 3.8) is 0 Å². The summed E-state index contributed by atoms with van der Waals surface area (Å²) in [5.74, 6) is 0.220. The van der Waals surface area contributed by atoms with Crippen LogP contribution in [0.15, 0.2) is 23.3 Å². The van der Waals surface area contributed by atoms with Crippen molar-refractivity contribution in [1.29, 1.82) is 0 Å². The standard InChI is InChI=1S/C12H16N4O3/c1-8(2)10-4-3-9(11(7-10)16(18)19)5-6-14-15-12(13)17/h3-4,6-8H,5H2,1-2H3,(H3,13,15,17). The predicted octanol–water partition coefficient (Wildman–Crippen LogP) is 1.91. The highest BCUT2D eigenvalue weighted by atomic mass is 16.6. The number of nitrogens with zero attached hydrogens (tertiary/aromatic N) is 2. The lowest BCUT2D eigenvalue weighted by molar-refractivity contribution is -0.385. The van der Waals surface area contributed by atoms with Gasteiger partial charge in [-0.15, -0.1) is 0 Å². The Bertz CT molecular complexity index is 512. The van der Waals surface area contributed by atoms with Crippen molar-refractivity contribution in [1.82, 2.24) is 5.43 Å². The van der Waals surface area contributed by atoms with Crippen molar-refractivity contribution in [2.24, 2.45) is 10.8 Å². The largest absolute Gasteiger partial charge is 0.350 e. The number of benzene rings is 1. The molecule has 0 aromatic heterocycles. The van der Waals surface area contributed by atoms with Gasteiger partial charge in [-0.3, -0.25) is 10.1 Å². The summed E-state index contributed by atoms with van der Waals surface area (Å²) in [7, 11) is 0. The first kappa shape index (κ1) is 14.6. The summed E-state index contributed by atoms with van der Waals surface area (Å²) < 4.78 is 0. The van der Waals surface area contributed by atoms with Gasteiger partial charge >= 0.3 is 6.03 Å². The first-order valence-corrected chi connectivity index (χ1v) is 5.76. The van der Waals surface area contributed by atoms with Gasteiger partial charge in [0.15, 0.2) is 0 Å². The van der Waals surface area contributed by atoms with Crippen LogP contribution in [0.3, 0.4) is 0 Å². The van der Waals surface area contributed by atoms with Crippen molar-refractivity contribution >= 4 is 17.9 Å². The van der Waals surface area contributed by atoms with Gasteiger partial charge in [0.25, 0.3) is 5.69 Å². The molecule has 0 saturated heterocycles. The van der Waals surface area contributed by atoms with Gasteiger partial charge in [0.2, 0.25) is 0 Å². The smallest absolute Gasteiger partial charge is 0.332 e. The topological polar surface area (TPSA) is 111 Å². The lowest BCUT2D eigenvalue weighted by atomic mass is 9.99. The molecule has 0 aliphatic rings. The van der Waals surface area contributed by atoms with Gasteiger partial charge < -0.3 is 5.73 Å². The quantitative estimate of drug-likeness (QED) is 0.481. The van der Waals surface area contributed by atoms with E-state index in [-0.39, 0.29) is 18.0 Å². The number of urea groups is 1. The molecule has 7 heteroatoms. The molecule has 19 heavy (non-hydrogen) atoms. The number of nitrogens with one attached hydrogen (secondary N) is 1. The lowest BCUT2D eigenvalue weighted by Crippen LogP contribution is -2.24. The molecule has 7 nitrogen and oxygen atoms in total. The number of hydrazone groups is 1. The fourth-order valence-corrected chi connectivity index (χ4v) is 1.54. The minimum absolute atomic E-state index is 0.0525. The minimum Gasteiger partial charge on any atom is -0.350 e. The molecule has 0 aliphatic carbocycles. The second kappa shape index (κ2) is 6.48. The van der Waals surface area contributed by atoms with Gasteiger partial charge in [-0.25, -0.2) is 10.2 Å². The second-order valence-electron chi connectivity index (χ2n) is 4.29. The summed E-state index contributed by atoms with van der Waals surface area (Å²) in [6, 6.07) is 4.34. The Labute approximate surface area is 110 Å². The Morgan fingerprint density at radius 2 is 2.26 bits per heavy atom. The van der Waals surface area contributed by atoms with Crippen LogP contribution in [0.1, 0.15) is 30.9 Å². The fourth-order valence-electron chi connectivity index (χ4n) is 1.54. The highest BCUT2D eigenvalue weighted by Gasteiger charge is 2.14. The molecule has 0 spiro atoms. The fraction of sp³-hybridized carbons (Fsp3) is 0.333. The maximum Gasteiger partial charge on any atom is 0.332 e. The molecule has 0 heterocycles. The van der Waals surface area contributed by atoms with Gasteiger partial charge in [-0.1, -0.05) is 26.0 Å². The van der Waals surface area contributed by atoms with E-state index in [1.165, 1.54) is 6.21 Å². The predicted molar refractivity (Wildman–Crippen MR) is 72.1 cm³/mol. The Balaban J connectivity index is 2.91. The van der Waals surface area contributed by atoms with E-state index in [0.717, 1.165) is 5.56 Å². The van der Waals surface area contributed by atoms with Crippen molar-refractivity contribution in [2.75, 3.05) is 0 Å². The van der Waals surface area contributed by atoms with Gasteiger partial charge in [0, 0.05) is 24.3 Å². The zero-order chi connectivity index (χ0) is 14.4. The van der Waals surface area contributed by atoms with Crippen molar-refractivity contribution in [3.8, 4) is 0 Å². The lowest BCUT2D eigenvalue weighted by Gasteiger charge is -2.07. The number of amides is 2. The van der Waals surface area contributed by atoms with Crippen LogP contribution < -0.4 is 11.2 Å². The summed E-state index contributed by atoms with van der Waals surface area (Å²) >= 11 is 0. The van der Waals surface area contributed by atoms with Gasteiger partial charge in [0.1, 0.15) is 0 Å². The van der Waals surface area contributed by atoms with Gasteiger partial charge in [-0.05, 0) is 11.5 Å². The van der Waals surface area contributed by atoms with Crippen molar-refractivity contribution in [2.45, 2.75) is 26.2 Å². The number of hydrogen-bond donors (Lipinski definition) is 2. The van der Waals surface area contributed by atoms with Crippen molar-refractivity contribution in [3.05, 3.63) is 39.4 Å². The molecular weight excluding hydrogens is 248 g/mol. The van der Waals surface area contributed by atoms with E-state index in [4.69, 9.17) is 5.73 Å². The van der Waals surface area contributed by atoms with Crippen LogP contribution >= 0.6 is 0 Å². The number of primary amides is 1. The zero-order valence-electron chi connectivity index (χ0n) is 10.8. The van der Waals surface area contributed by atoms with Crippen LogP contribution in [0, 0.1) is 10.1 Å². The third-order valence-electron chi connectivity index (χ3n) is 2.55. The number of carbonyl (C=O) groups is 1. The molecule has 1 aromatic rings. The first-order valence-electron chi connectivity index (χ1n) is 5.76. The van der Waals surface area contributed by atoms with E-state index in [2.05, 4.69) is 5.10 Å². The number of nitro benzene ring substituents is 1. The summed E-state index contributed by atoms with van der Waals surface area (Å²) in [6.45, 7) is 3.94. The molecule has 3 N–H and O–H groups in total. The summed E-state index contributed by atoms with van der Waals surface area (Å²) in [5.41, 5.74) is 8.35. The third-order valence-corrected chi connectivity index (χ3v) is 2.55. The Hall–Kier alpha value is -2.44. The summed E-state index contributed by atoms with van der Waals surface area (Å²) in [6.07, 6.45) is 1.61. The van der Waals surface area contributed by atoms with Gasteiger partial charge in [-0.2, -0.15) is 5.10 Å². The molecule has 0 fully saturated rings. The number of rotatable bonds is 5. The molecule has 102 valence electrons. The molecule has 0 bridgehead atoms. The summed E-state index contributed by atoms with van der Waals surface area (Å²) in [4.78, 5) is 21.0. The van der Waals surface area contributed by atoms with E-state index in [9.17, 15) is 14.9 Å². The average Bonchev–Trinajstić information content (AvgIpc) is 2.34. The van der Waals surface area contributed by atoms with Crippen LogP contribution in [-0.2, 0) is 6.42 Å².